The SMILES string of the molecule is COc1c(Br)cc(Cl)cc1NC(C)c1c(C)nn(C)c1C. The molecule has 114 valence electrons. The molecular weight excluding hydrogens is 354 g/mol. The zero-order valence-corrected chi connectivity index (χ0v) is 15.1. The van der Waals surface area contributed by atoms with Crippen LogP contribution in [0.15, 0.2) is 16.6 Å². The van der Waals surface area contributed by atoms with Crippen LogP contribution in [0.25, 0.3) is 0 Å². The number of nitrogens with zero attached hydrogens (tertiary/aromatic N) is 2. The molecule has 0 fully saturated rings. The van der Waals surface area contributed by atoms with Crippen molar-refractivity contribution >= 4 is 33.2 Å². The smallest absolute Gasteiger partial charge is 0.156 e. The highest BCUT2D eigenvalue weighted by atomic mass is 79.9. The van der Waals surface area contributed by atoms with Crippen molar-refractivity contribution < 1.29 is 4.74 Å². The molecular formula is C15H19BrClN3O. The molecule has 0 saturated carbocycles. The van der Waals surface area contributed by atoms with Crippen molar-refractivity contribution in [3.63, 3.8) is 0 Å². The zero-order chi connectivity index (χ0) is 15.7. The molecule has 2 aromatic rings. The molecule has 0 radical (unpaired) electrons. The van der Waals surface area contributed by atoms with Gasteiger partial charge in [0.2, 0.25) is 0 Å². The number of hydrogen-bond donors (Lipinski definition) is 1. The summed E-state index contributed by atoms with van der Waals surface area (Å²) in [6.45, 7) is 6.19. The maximum absolute atomic E-state index is 6.13. The zero-order valence-electron chi connectivity index (χ0n) is 12.8. The van der Waals surface area contributed by atoms with Crippen molar-refractivity contribution in [1.82, 2.24) is 9.78 Å². The molecule has 0 aliphatic rings. The Balaban J connectivity index is 2.38. The number of hydrogen-bond acceptors (Lipinski definition) is 3. The number of aryl methyl sites for hydroxylation is 2. The van der Waals surface area contributed by atoms with Gasteiger partial charge in [0.15, 0.2) is 5.75 Å². The van der Waals surface area contributed by atoms with E-state index in [0.717, 1.165) is 27.3 Å². The highest BCUT2D eigenvalue weighted by Gasteiger charge is 2.18. The number of ether oxygens (including phenoxy) is 1. The predicted octanol–water partition coefficient (Wildman–Crippen LogP) is 4.63. The second-order valence-corrected chi connectivity index (χ2v) is 6.33. The van der Waals surface area contributed by atoms with Crippen LogP contribution in [0.4, 0.5) is 5.69 Å². The maximum atomic E-state index is 6.13. The van der Waals surface area contributed by atoms with Gasteiger partial charge in [0, 0.05) is 23.3 Å². The first-order valence-corrected chi connectivity index (χ1v) is 7.82. The number of aromatic nitrogens is 2. The molecule has 4 nitrogen and oxygen atoms in total. The molecule has 1 aromatic carbocycles. The monoisotopic (exact) mass is 371 g/mol. The summed E-state index contributed by atoms with van der Waals surface area (Å²) in [7, 11) is 3.60. The number of rotatable bonds is 4. The minimum Gasteiger partial charge on any atom is -0.493 e. The fourth-order valence-electron chi connectivity index (χ4n) is 2.60. The molecule has 2 rings (SSSR count). The highest BCUT2D eigenvalue weighted by molar-refractivity contribution is 9.10. The Morgan fingerprint density at radius 2 is 2.05 bits per heavy atom. The summed E-state index contributed by atoms with van der Waals surface area (Å²) in [5.41, 5.74) is 4.21. The van der Waals surface area contributed by atoms with Gasteiger partial charge in [-0.25, -0.2) is 0 Å². The van der Waals surface area contributed by atoms with Crippen molar-refractivity contribution in [2.45, 2.75) is 26.8 Å². The van der Waals surface area contributed by atoms with Gasteiger partial charge in [-0.2, -0.15) is 5.10 Å². The average Bonchev–Trinajstić information content (AvgIpc) is 2.62. The minimum absolute atomic E-state index is 0.0953. The Morgan fingerprint density at radius 1 is 1.38 bits per heavy atom. The van der Waals surface area contributed by atoms with Crippen molar-refractivity contribution in [3.05, 3.63) is 38.6 Å². The van der Waals surface area contributed by atoms with E-state index in [1.807, 2.05) is 30.8 Å². The second-order valence-electron chi connectivity index (χ2n) is 5.04. The van der Waals surface area contributed by atoms with E-state index in [9.17, 15) is 0 Å². The van der Waals surface area contributed by atoms with E-state index >= 15 is 0 Å². The molecule has 0 spiro atoms. The molecule has 0 saturated heterocycles. The van der Waals surface area contributed by atoms with Gasteiger partial charge in [-0.1, -0.05) is 11.6 Å². The van der Waals surface area contributed by atoms with Crippen molar-refractivity contribution in [3.8, 4) is 5.75 Å². The summed E-state index contributed by atoms with van der Waals surface area (Å²) in [6, 6.07) is 3.78. The van der Waals surface area contributed by atoms with Gasteiger partial charge in [0.1, 0.15) is 0 Å². The van der Waals surface area contributed by atoms with Crippen LogP contribution in [0.1, 0.15) is 29.9 Å². The Bertz CT molecular complexity index is 669. The largest absolute Gasteiger partial charge is 0.493 e. The summed E-state index contributed by atoms with van der Waals surface area (Å²) < 4.78 is 8.17. The van der Waals surface area contributed by atoms with Crippen LogP contribution >= 0.6 is 27.5 Å². The van der Waals surface area contributed by atoms with Gasteiger partial charge in [0.25, 0.3) is 0 Å². The van der Waals surface area contributed by atoms with Gasteiger partial charge in [-0.05, 0) is 48.8 Å². The van der Waals surface area contributed by atoms with Crippen LogP contribution in [0.2, 0.25) is 5.02 Å². The third-order valence-corrected chi connectivity index (χ3v) is 4.39. The molecule has 0 amide bonds. The molecule has 6 heteroatoms. The number of nitrogens with one attached hydrogen (secondary N) is 1. The lowest BCUT2D eigenvalue weighted by molar-refractivity contribution is 0.413. The van der Waals surface area contributed by atoms with Crippen molar-refractivity contribution in [2.75, 3.05) is 12.4 Å². The summed E-state index contributed by atoms with van der Waals surface area (Å²) in [6.07, 6.45) is 0. The third kappa shape index (κ3) is 3.19. The van der Waals surface area contributed by atoms with Crippen LogP contribution in [-0.4, -0.2) is 16.9 Å². The number of methoxy groups -OCH3 is 1. The molecule has 1 atom stereocenters. The van der Waals surface area contributed by atoms with Gasteiger partial charge in [-0.3, -0.25) is 4.68 Å². The molecule has 0 bridgehead atoms. The van der Waals surface area contributed by atoms with E-state index < -0.39 is 0 Å². The average molecular weight is 373 g/mol. The van der Waals surface area contributed by atoms with Crippen LogP contribution in [-0.2, 0) is 7.05 Å². The summed E-state index contributed by atoms with van der Waals surface area (Å²) in [5, 5.41) is 8.57. The summed E-state index contributed by atoms with van der Waals surface area (Å²) in [5.74, 6) is 0.741. The number of benzene rings is 1. The van der Waals surface area contributed by atoms with Gasteiger partial charge in [0.05, 0.1) is 29.0 Å². The highest BCUT2D eigenvalue weighted by Crippen LogP contribution is 2.38. The molecule has 0 aliphatic heterocycles. The van der Waals surface area contributed by atoms with Crippen LogP contribution in [0, 0.1) is 13.8 Å². The molecule has 0 aliphatic carbocycles. The van der Waals surface area contributed by atoms with E-state index in [-0.39, 0.29) is 6.04 Å². The standard InChI is InChI=1S/C15H19BrClN3O/c1-8(14-9(2)19-20(4)10(14)3)18-13-7-11(17)6-12(16)15(13)21-5/h6-8,18H,1-5H3. The van der Waals surface area contributed by atoms with Gasteiger partial charge < -0.3 is 10.1 Å². The molecule has 1 aromatic heterocycles. The maximum Gasteiger partial charge on any atom is 0.156 e. The van der Waals surface area contributed by atoms with E-state index in [4.69, 9.17) is 16.3 Å². The minimum atomic E-state index is 0.0953. The molecule has 1 N–H and O–H groups in total. The lowest BCUT2D eigenvalue weighted by Crippen LogP contribution is -2.10. The first-order valence-electron chi connectivity index (χ1n) is 6.64. The predicted molar refractivity (Wildman–Crippen MR) is 90.4 cm³/mol. The van der Waals surface area contributed by atoms with Crippen LogP contribution < -0.4 is 10.1 Å². The topological polar surface area (TPSA) is 39.1 Å². The number of halogens is 2. The second kappa shape index (κ2) is 6.28. The van der Waals surface area contributed by atoms with E-state index in [1.165, 1.54) is 5.56 Å². The van der Waals surface area contributed by atoms with Crippen LogP contribution in [0.3, 0.4) is 0 Å². The fraction of sp³-hybridized carbons (Fsp3) is 0.400. The van der Waals surface area contributed by atoms with E-state index in [0.29, 0.717) is 5.02 Å². The van der Waals surface area contributed by atoms with Crippen molar-refractivity contribution in [2.24, 2.45) is 7.05 Å². The molecule has 1 unspecified atom stereocenters. The van der Waals surface area contributed by atoms with Gasteiger partial charge in [-0.15, -0.1) is 0 Å². The lowest BCUT2D eigenvalue weighted by atomic mass is 10.1. The Hall–Kier alpha value is -1.20. The number of anilines is 1. The van der Waals surface area contributed by atoms with Crippen molar-refractivity contribution in [1.29, 1.82) is 0 Å². The summed E-state index contributed by atoms with van der Waals surface area (Å²) in [4.78, 5) is 0. The quantitative estimate of drug-likeness (QED) is 0.850. The summed E-state index contributed by atoms with van der Waals surface area (Å²) >= 11 is 9.60. The first-order chi connectivity index (χ1) is 9.85. The van der Waals surface area contributed by atoms with E-state index in [1.54, 1.807) is 7.11 Å². The third-order valence-electron chi connectivity index (χ3n) is 3.58. The normalized spacial score (nSPS) is 12.3. The molecule has 21 heavy (non-hydrogen) atoms. The Morgan fingerprint density at radius 3 is 2.57 bits per heavy atom. The Kier molecular flexibility index (Phi) is 4.84. The molecule has 1 heterocycles. The lowest BCUT2D eigenvalue weighted by Gasteiger charge is -2.19. The van der Waals surface area contributed by atoms with E-state index in [2.05, 4.69) is 40.2 Å². The Labute approximate surface area is 138 Å². The van der Waals surface area contributed by atoms with Gasteiger partial charge >= 0.3 is 0 Å². The fourth-order valence-corrected chi connectivity index (χ4v) is 3.57. The first kappa shape index (κ1) is 16.2. The van der Waals surface area contributed by atoms with Crippen LogP contribution in [0.5, 0.6) is 5.75 Å².